The monoisotopic (exact) mass is 313 g/mol. The van der Waals surface area contributed by atoms with Gasteiger partial charge in [-0.15, -0.1) is 0 Å². The van der Waals surface area contributed by atoms with Gasteiger partial charge in [0.1, 0.15) is 0 Å². The first kappa shape index (κ1) is 13.7. The number of aromatic amines is 1. The van der Waals surface area contributed by atoms with Crippen molar-refractivity contribution in [3.63, 3.8) is 0 Å². The molecular formula is C16H15N3O4. The maximum absolute atomic E-state index is 12.2. The molecule has 2 aromatic rings. The van der Waals surface area contributed by atoms with Crippen molar-refractivity contribution in [3.8, 4) is 11.5 Å². The molecule has 1 aromatic heterocycles. The van der Waals surface area contributed by atoms with Gasteiger partial charge in [-0.3, -0.25) is 0 Å². The lowest BCUT2D eigenvalue weighted by Crippen LogP contribution is -2.30. The van der Waals surface area contributed by atoms with Gasteiger partial charge in [-0.05, 0) is 17.7 Å². The van der Waals surface area contributed by atoms with Crippen LogP contribution in [0.2, 0.25) is 0 Å². The summed E-state index contributed by atoms with van der Waals surface area (Å²) in [5.41, 5.74) is 0.185. The number of fused-ring (bicyclic) bond motifs is 1. The van der Waals surface area contributed by atoms with E-state index in [0.29, 0.717) is 11.5 Å². The highest BCUT2D eigenvalue weighted by Crippen LogP contribution is 2.39. The third-order valence-electron chi connectivity index (χ3n) is 4.20. The summed E-state index contributed by atoms with van der Waals surface area (Å²) in [6.45, 7) is 0.216. The van der Waals surface area contributed by atoms with E-state index < -0.39 is 5.69 Å². The number of nitrogens with zero attached hydrogens (tertiary/aromatic N) is 2. The van der Waals surface area contributed by atoms with Crippen LogP contribution in [0, 0.1) is 0 Å². The van der Waals surface area contributed by atoms with Crippen molar-refractivity contribution >= 4 is 0 Å². The van der Waals surface area contributed by atoms with Crippen molar-refractivity contribution < 1.29 is 9.47 Å². The Balaban J connectivity index is 1.78. The lowest BCUT2D eigenvalue weighted by molar-refractivity contribution is 0.174. The lowest BCUT2D eigenvalue weighted by atomic mass is 9.88. The van der Waals surface area contributed by atoms with E-state index in [0.717, 1.165) is 10.1 Å². The molecule has 0 bridgehead atoms. The Labute approximate surface area is 131 Å². The van der Waals surface area contributed by atoms with E-state index in [2.05, 4.69) is 5.10 Å². The molecule has 0 saturated heterocycles. The highest BCUT2D eigenvalue weighted by Gasteiger charge is 2.27. The summed E-state index contributed by atoms with van der Waals surface area (Å²) in [6, 6.07) is 5.41. The molecular weight excluding hydrogens is 298 g/mol. The molecule has 118 valence electrons. The van der Waals surface area contributed by atoms with Crippen molar-refractivity contribution in [1.29, 1.82) is 0 Å². The Morgan fingerprint density at radius 1 is 1.13 bits per heavy atom. The fourth-order valence-corrected chi connectivity index (χ4v) is 2.95. The number of ether oxygens (including phenoxy) is 2. The van der Waals surface area contributed by atoms with Crippen molar-refractivity contribution in [2.45, 2.75) is 12.0 Å². The van der Waals surface area contributed by atoms with Crippen LogP contribution >= 0.6 is 0 Å². The van der Waals surface area contributed by atoms with Crippen molar-refractivity contribution in [1.82, 2.24) is 14.3 Å². The molecule has 2 heterocycles. The molecule has 23 heavy (non-hydrogen) atoms. The number of nitrogens with one attached hydrogen (secondary N) is 1. The van der Waals surface area contributed by atoms with Gasteiger partial charge in [0.25, 0.3) is 0 Å². The standard InChI is InChI=1S/C16H15N3O4/c1-18-15(20)17-19(16(18)21)12-5-3-2-4-11(12)10-6-7-13-14(8-10)23-9-22-13/h2-8,11-12H,9H2,1H3,(H,17,20)/t11-,12+/m1/s1. The summed E-state index contributed by atoms with van der Waals surface area (Å²) in [7, 11) is 1.45. The maximum atomic E-state index is 12.2. The molecule has 0 spiro atoms. The molecule has 0 unspecified atom stereocenters. The Morgan fingerprint density at radius 3 is 2.70 bits per heavy atom. The van der Waals surface area contributed by atoms with E-state index in [-0.39, 0.29) is 24.4 Å². The molecule has 0 saturated carbocycles. The van der Waals surface area contributed by atoms with Crippen LogP contribution in [-0.4, -0.2) is 21.1 Å². The smallest absolute Gasteiger partial charge is 0.347 e. The number of rotatable bonds is 2. The highest BCUT2D eigenvalue weighted by atomic mass is 16.7. The predicted octanol–water partition coefficient (Wildman–Crippen LogP) is 1.05. The Bertz CT molecular complexity index is 932. The maximum Gasteiger partial charge on any atom is 0.347 e. The van der Waals surface area contributed by atoms with Crippen molar-refractivity contribution in [3.05, 3.63) is 69.0 Å². The Hall–Kier alpha value is -2.96. The fraction of sp³-hybridized carbons (Fsp3) is 0.250. The molecule has 1 N–H and O–H groups in total. The highest BCUT2D eigenvalue weighted by molar-refractivity contribution is 5.47. The summed E-state index contributed by atoms with van der Waals surface area (Å²) in [5.74, 6) is 1.31. The van der Waals surface area contributed by atoms with Crippen LogP contribution in [0.25, 0.3) is 0 Å². The summed E-state index contributed by atoms with van der Waals surface area (Å²) < 4.78 is 13.2. The average Bonchev–Trinajstić information content (AvgIpc) is 3.14. The zero-order valence-corrected chi connectivity index (χ0v) is 12.4. The van der Waals surface area contributed by atoms with Gasteiger partial charge in [0, 0.05) is 13.0 Å². The average molecular weight is 313 g/mol. The Kier molecular flexibility index (Phi) is 3.00. The van der Waals surface area contributed by atoms with E-state index >= 15 is 0 Å². The second-order valence-electron chi connectivity index (χ2n) is 5.53. The summed E-state index contributed by atoms with van der Waals surface area (Å²) in [5, 5.41) is 2.60. The quantitative estimate of drug-likeness (QED) is 0.899. The molecule has 1 aliphatic carbocycles. The summed E-state index contributed by atoms with van der Waals surface area (Å²) >= 11 is 0. The first-order valence-electron chi connectivity index (χ1n) is 7.27. The summed E-state index contributed by atoms with van der Waals surface area (Å²) in [6.07, 6.45) is 7.69. The van der Waals surface area contributed by atoms with Gasteiger partial charge in [0.2, 0.25) is 6.79 Å². The summed E-state index contributed by atoms with van der Waals surface area (Å²) in [4.78, 5) is 24.0. The third kappa shape index (κ3) is 2.12. The number of aromatic nitrogens is 3. The van der Waals surface area contributed by atoms with Crippen molar-refractivity contribution in [2.75, 3.05) is 6.79 Å². The number of hydrogen-bond donors (Lipinski definition) is 1. The van der Waals surface area contributed by atoms with E-state index in [1.54, 1.807) is 0 Å². The first-order chi connectivity index (χ1) is 11.1. The SMILES string of the molecule is Cn1c(=O)[nH]n([C@H]2C=CC=C[C@@H]2c2ccc3c(c2)OCO3)c1=O. The van der Waals surface area contributed by atoms with Crippen LogP contribution in [0.1, 0.15) is 17.5 Å². The van der Waals surface area contributed by atoms with Gasteiger partial charge >= 0.3 is 11.4 Å². The fourth-order valence-electron chi connectivity index (χ4n) is 2.95. The molecule has 0 fully saturated rings. The van der Waals surface area contributed by atoms with E-state index in [1.165, 1.54) is 11.7 Å². The number of benzene rings is 1. The minimum absolute atomic E-state index is 0.0924. The van der Waals surface area contributed by atoms with Gasteiger partial charge in [-0.25, -0.2) is 23.9 Å². The molecule has 1 aliphatic heterocycles. The zero-order chi connectivity index (χ0) is 16.0. The molecule has 4 rings (SSSR count). The van der Waals surface area contributed by atoms with Gasteiger partial charge in [0.05, 0.1) is 6.04 Å². The molecule has 2 aliphatic rings. The topological polar surface area (TPSA) is 78.2 Å². The van der Waals surface area contributed by atoms with Gasteiger partial charge in [0.15, 0.2) is 11.5 Å². The second kappa shape index (κ2) is 5.05. The van der Waals surface area contributed by atoms with E-state index in [1.807, 2.05) is 42.5 Å². The molecule has 2 atom stereocenters. The Morgan fingerprint density at radius 2 is 1.91 bits per heavy atom. The normalized spacial score (nSPS) is 21.8. The van der Waals surface area contributed by atoms with Gasteiger partial charge < -0.3 is 9.47 Å². The number of hydrogen-bond acceptors (Lipinski definition) is 4. The minimum atomic E-state index is -0.428. The van der Waals surface area contributed by atoms with Crippen LogP contribution in [0.15, 0.2) is 52.1 Å². The molecule has 7 nitrogen and oxygen atoms in total. The molecule has 7 heteroatoms. The van der Waals surface area contributed by atoms with Crippen molar-refractivity contribution in [2.24, 2.45) is 7.05 Å². The van der Waals surface area contributed by atoms with Crippen LogP contribution in [-0.2, 0) is 7.05 Å². The van der Waals surface area contributed by atoms with E-state index in [4.69, 9.17) is 9.47 Å². The predicted molar refractivity (Wildman–Crippen MR) is 82.9 cm³/mol. The molecule has 0 radical (unpaired) electrons. The van der Waals surface area contributed by atoms with Crippen LogP contribution in [0.3, 0.4) is 0 Å². The van der Waals surface area contributed by atoms with Gasteiger partial charge in [-0.1, -0.05) is 30.4 Å². The van der Waals surface area contributed by atoms with Crippen LogP contribution in [0.5, 0.6) is 11.5 Å². The second-order valence-corrected chi connectivity index (χ2v) is 5.53. The molecule has 0 amide bonds. The first-order valence-corrected chi connectivity index (χ1v) is 7.27. The van der Waals surface area contributed by atoms with Crippen LogP contribution in [0.4, 0.5) is 0 Å². The molecule has 1 aromatic carbocycles. The number of allylic oxidation sites excluding steroid dienone is 4. The number of H-pyrrole nitrogens is 1. The minimum Gasteiger partial charge on any atom is -0.454 e. The van der Waals surface area contributed by atoms with Gasteiger partial charge in [-0.2, -0.15) is 0 Å². The van der Waals surface area contributed by atoms with Crippen LogP contribution < -0.4 is 20.9 Å². The third-order valence-corrected chi connectivity index (χ3v) is 4.20. The zero-order valence-electron chi connectivity index (χ0n) is 12.4. The van der Waals surface area contributed by atoms with E-state index in [9.17, 15) is 9.59 Å². The lowest BCUT2D eigenvalue weighted by Gasteiger charge is -2.24. The largest absolute Gasteiger partial charge is 0.454 e.